The van der Waals surface area contributed by atoms with Crippen molar-refractivity contribution in [2.75, 3.05) is 25.6 Å². The minimum absolute atomic E-state index is 0.216. The number of hydrogen-bond donors (Lipinski definition) is 1. The molecule has 3 rings (SSSR count). The zero-order chi connectivity index (χ0) is 19.1. The highest BCUT2D eigenvalue weighted by atomic mass is 32.1. The fraction of sp³-hybridized carbons (Fsp3) is 0.200. The molecule has 3 aromatic rings. The molecule has 0 unspecified atom stereocenters. The van der Waals surface area contributed by atoms with Crippen molar-refractivity contribution in [3.8, 4) is 17.0 Å². The molecule has 0 saturated carbocycles. The van der Waals surface area contributed by atoms with E-state index in [9.17, 15) is 9.18 Å². The molecule has 27 heavy (non-hydrogen) atoms. The summed E-state index contributed by atoms with van der Waals surface area (Å²) in [5.41, 5.74) is 2.96. The summed E-state index contributed by atoms with van der Waals surface area (Å²) >= 11 is 1.34. The zero-order valence-corrected chi connectivity index (χ0v) is 15.6. The standard InChI is InChI=1S/C20H19FN2O3S/c1-25-10-9-14-5-7-15(8-6-14)18-13-27-20(22-18)23-19(24)12-26-17-4-2-3-16(21)11-17/h2-8,11,13H,9-10,12H2,1H3,(H,22,23,24). The van der Waals surface area contributed by atoms with E-state index in [2.05, 4.69) is 10.3 Å². The summed E-state index contributed by atoms with van der Waals surface area (Å²) in [6, 6.07) is 13.7. The van der Waals surface area contributed by atoms with Crippen LogP contribution < -0.4 is 10.1 Å². The topological polar surface area (TPSA) is 60.5 Å². The molecule has 2 aromatic carbocycles. The molecule has 0 saturated heterocycles. The minimum Gasteiger partial charge on any atom is -0.484 e. The third kappa shape index (κ3) is 5.60. The molecule has 0 aliphatic heterocycles. The Labute approximate surface area is 160 Å². The Morgan fingerprint density at radius 3 is 2.78 bits per heavy atom. The van der Waals surface area contributed by atoms with Crippen LogP contribution in [0.2, 0.25) is 0 Å². The predicted octanol–water partition coefficient (Wildman–Crippen LogP) is 4.16. The molecule has 0 aliphatic rings. The van der Waals surface area contributed by atoms with Gasteiger partial charge in [-0.15, -0.1) is 11.3 Å². The summed E-state index contributed by atoms with van der Waals surface area (Å²) in [6.45, 7) is 0.469. The van der Waals surface area contributed by atoms with Crippen molar-refractivity contribution >= 4 is 22.4 Å². The average Bonchev–Trinajstić information content (AvgIpc) is 3.13. The molecule has 1 N–H and O–H groups in total. The number of carbonyl (C=O) groups is 1. The molecule has 0 bridgehead atoms. The van der Waals surface area contributed by atoms with E-state index < -0.39 is 5.82 Å². The highest BCUT2D eigenvalue weighted by Crippen LogP contribution is 2.25. The first-order valence-electron chi connectivity index (χ1n) is 8.36. The fourth-order valence-electron chi connectivity index (χ4n) is 2.39. The van der Waals surface area contributed by atoms with Crippen molar-refractivity contribution in [1.82, 2.24) is 4.98 Å². The van der Waals surface area contributed by atoms with Crippen molar-refractivity contribution in [3.63, 3.8) is 0 Å². The van der Waals surface area contributed by atoms with Gasteiger partial charge in [0.1, 0.15) is 11.6 Å². The van der Waals surface area contributed by atoms with Crippen molar-refractivity contribution in [2.45, 2.75) is 6.42 Å². The van der Waals surface area contributed by atoms with Crippen LogP contribution in [0.4, 0.5) is 9.52 Å². The molecule has 0 spiro atoms. The Morgan fingerprint density at radius 2 is 2.04 bits per heavy atom. The van der Waals surface area contributed by atoms with Crippen LogP contribution >= 0.6 is 11.3 Å². The third-order valence-corrected chi connectivity index (χ3v) is 4.52. The summed E-state index contributed by atoms with van der Waals surface area (Å²) in [7, 11) is 1.68. The lowest BCUT2D eigenvalue weighted by molar-refractivity contribution is -0.118. The highest BCUT2D eigenvalue weighted by molar-refractivity contribution is 7.14. The Hall–Kier alpha value is -2.77. The van der Waals surface area contributed by atoms with Crippen LogP contribution in [-0.2, 0) is 16.0 Å². The number of hydrogen-bond acceptors (Lipinski definition) is 5. The fourth-order valence-corrected chi connectivity index (χ4v) is 3.12. The first-order valence-corrected chi connectivity index (χ1v) is 9.24. The summed E-state index contributed by atoms with van der Waals surface area (Å²) in [5.74, 6) is -0.459. The molecule has 1 heterocycles. The number of rotatable bonds is 8. The van der Waals surface area contributed by atoms with Crippen molar-refractivity contribution in [3.05, 3.63) is 65.3 Å². The van der Waals surface area contributed by atoms with E-state index in [-0.39, 0.29) is 12.5 Å². The van der Waals surface area contributed by atoms with Gasteiger partial charge in [-0.2, -0.15) is 0 Å². The van der Waals surface area contributed by atoms with Crippen LogP contribution in [0.1, 0.15) is 5.56 Å². The molecule has 0 fully saturated rings. The number of carbonyl (C=O) groups excluding carboxylic acids is 1. The van der Waals surface area contributed by atoms with Gasteiger partial charge in [0.15, 0.2) is 11.7 Å². The molecule has 1 amide bonds. The molecule has 0 radical (unpaired) electrons. The number of benzene rings is 2. The number of amides is 1. The van der Waals surface area contributed by atoms with Crippen LogP contribution in [0.15, 0.2) is 53.9 Å². The third-order valence-electron chi connectivity index (χ3n) is 3.76. The van der Waals surface area contributed by atoms with E-state index in [1.807, 2.05) is 29.6 Å². The minimum atomic E-state index is -0.411. The van der Waals surface area contributed by atoms with Crippen molar-refractivity contribution < 1.29 is 18.7 Å². The average molecular weight is 386 g/mol. The lowest BCUT2D eigenvalue weighted by Gasteiger charge is -2.05. The first-order chi connectivity index (χ1) is 13.1. The number of nitrogens with one attached hydrogen (secondary N) is 1. The van der Waals surface area contributed by atoms with E-state index in [4.69, 9.17) is 9.47 Å². The van der Waals surface area contributed by atoms with Gasteiger partial charge < -0.3 is 9.47 Å². The molecule has 0 aliphatic carbocycles. The van der Waals surface area contributed by atoms with Gasteiger partial charge in [0.25, 0.3) is 5.91 Å². The van der Waals surface area contributed by atoms with Gasteiger partial charge in [-0.05, 0) is 24.1 Å². The number of halogens is 1. The maximum absolute atomic E-state index is 13.1. The van der Waals surface area contributed by atoms with E-state index in [0.717, 1.165) is 17.7 Å². The summed E-state index contributed by atoms with van der Waals surface area (Å²) < 4.78 is 23.4. The highest BCUT2D eigenvalue weighted by Gasteiger charge is 2.09. The number of thiazole rings is 1. The Bertz CT molecular complexity index is 896. The maximum Gasteiger partial charge on any atom is 0.264 e. The number of methoxy groups -OCH3 is 1. The molecular formula is C20H19FN2O3S. The lowest BCUT2D eigenvalue weighted by atomic mass is 10.1. The van der Waals surface area contributed by atoms with Crippen LogP contribution in [0.5, 0.6) is 5.75 Å². The van der Waals surface area contributed by atoms with Crippen LogP contribution in [0.3, 0.4) is 0 Å². The summed E-state index contributed by atoms with van der Waals surface area (Å²) in [5, 5.41) is 5.06. The molecule has 1 aromatic heterocycles. The second kappa shape index (κ2) is 9.25. The van der Waals surface area contributed by atoms with Gasteiger partial charge in [0.2, 0.25) is 0 Å². The Balaban J connectivity index is 1.54. The maximum atomic E-state index is 13.1. The van der Waals surface area contributed by atoms with E-state index in [1.54, 1.807) is 13.2 Å². The van der Waals surface area contributed by atoms with Gasteiger partial charge in [0, 0.05) is 24.1 Å². The second-order valence-corrected chi connectivity index (χ2v) is 6.63. The number of anilines is 1. The zero-order valence-electron chi connectivity index (χ0n) is 14.8. The summed E-state index contributed by atoms with van der Waals surface area (Å²) in [4.78, 5) is 16.4. The van der Waals surface area contributed by atoms with Gasteiger partial charge >= 0.3 is 0 Å². The van der Waals surface area contributed by atoms with Crippen molar-refractivity contribution in [2.24, 2.45) is 0 Å². The molecule has 140 valence electrons. The first kappa shape index (κ1) is 19.0. The Kier molecular flexibility index (Phi) is 6.51. The quantitative estimate of drug-likeness (QED) is 0.632. The smallest absolute Gasteiger partial charge is 0.264 e. The predicted molar refractivity (Wildman–Crippen MR) is 104 cm³/mol. The monoisotopic (exact) mass is 386 g/mol. The Morgan fingerprint density at radius 1 is 1.22 bits per heavy atom. The van der Waals surface area contributed by atoms with E-state index >= 15 is 0 Å². The molecular weight excluding hydrogens is 367 g/mol. The van der Waals surface area contributed by atoms with Gasteiger partial charge in [-0.3, -0.25) is 10.1 Å². The van der Waals surface area contributed by atoms with Gasteiger partial charge in [0.05, 0.1) is 12.3 Å². The number of ether oxygens (including phenoxy) is 2. The largest absolute Gasteiger partial charge is 0.484 e. The summed E-state index contributed by atoms with van der Waals surface area (Å²) in [6.07, 6.45) is 0.862. The molecule has 5 nitrogen and oxygen atoms in total. The van der Waals surface area contributed by atoms with E-state index in [1.165, 1.54) is 35.1 Å². The second-order valence-electron chi connectivity index (χ2n) is 5.77. The molecule has 0 atom stereocenters. The van der Waals surface area contributed by atoms with Crippen LogP contribution in [0, 0.1) is 5.82 Å². The lowest BCUT2D eigenvalue weighted by Crippen LogP contribution is -2.20. The van der Waals surface area contributed by atoms with Crippen LogP contribution in [0.25, 0.3) is 11.3 Å². The number of aromatic nitrogens is 1. The van der Waals surface area contributed by atoms with Crippen molar-refractivity contribution in [1.29, 1.82) is 0 Å². The number of nitrogens with zero attached hydrogens (tertiary/aromatic N) is 1. The van der Waals surface area contributed by atoms with E-state index in [0.29, 0.717) is 17.5 Å². The van der Waals surface area contributed by atoms with Crippen LogP contribution in [-0.4, -0.2) is 31.2 Å². The van der Waals surface area contributed by atoms with Gasteiger partial charge in [-0.1, -0.05) is 30.3 Å². The molecule has 7 heteroatoms. The van der Waals surface area contributed by atoms with Gasteiger partial charge in [-0.25, -0.2) is 9.37 Å². The SMILES string of the molecule is COCCc1ccc(-c2csc(NC(=O)COc3cccc(F)c3)n2)cc1. The normalized spacial score (nSPS) is 10.6.